The summed E-state index contributed by atoms with van der Waals surface area (Å²) in [6.07, 6.45) is 5.07. The fraction of sp³-hybridized carbons (Fsp3) is 0.500. The van der Waals surface area contributed by atoms with E-state index >= 15 is 0 Å². The maximum Gasteiger partial charge on any atom is 0.101 e. The van der Waals surface area contributed by atoms with Gasteiger partial charge in [0.1, 0.15) is 6.07 Å². The highest BCUT2D eigenvalue weighted by molar-refractivity contribution is 6.17. The van der Waals surface area contributed by atoms with Gasteiger partial charge in [-0.3, -0.25) is 0 Å². The van der Waals surface area contributed by atoms with Crippen molar-refractivity contribution in [2.24, 2.45) is 0 Å². The Bertz CT molecular complexity index is 430. The molecule has 2 rings (SSSR count). The highest BCUT2D eigenvalue weighted by Crippen LogP contribution is 2.29. The molecule has 0 radical (unpaired) electrons. The number of hydrogen-bond donors (Lipinski definition) is 0. The summed E-state index contributed by atoms with van der Waals surface area (Å²) in [6.45, 7) is 0. The van der Waals surface area contributed by atoms with Crippen molar-refractivity contribution < 1.29 is 0 Å². The fourth-order valence-corrected chi connectivity index (χ4v) is 2.72. The van der Waals surface area contributed by atoms with E-state index in [1.165, 1.54) is 25.7 Å². The molecule has 17 heavy (non-hydrogen) atoms. The molecular weight excluding hydrogens is 232 g/mol. The van der Waals surface area contributed by atoms with E-state index in [-0.39, 0.29) is 0 Å². The SMILES string of the molecule is CN(c1ccc(CCl)cc1C#N)C1CCCC1. The molecular formula is C14H17ClN2. The summed E-state index contributed by atoms with van der Waals surface area (Å²) in [7, 11) is 2.09. The number of nitriles is 1. The molecule has 2 nitrogen and oxygen atoms in total. The molecule has 0 unspecified atom stereocenters. The summed E-state index contributed by atoms with van der Waals surface area (Å²) in [5.74, 6) is 0.460. The summed E-state index contributed by atoms with van der Waals surface area (Å²) in [5, 5.41) is 9.21. The van der Waals surface area contributed by atoms with Crippen LogP contribution in [0.1, 0.15) is 36.8 Å². The third-order valence-electron chi connectivity index (χ3n) is 3.59. The number of rotatable bonds is 3. The molecule has 0 amide bonds. The summed E-state index contributed by atoms with van der Waals surface area (Å²) in [4.78, 5) is 2.25. The highest BCUT2D eigenvalue weighted by atomic mass is 35.5. The van der Waals surface area contributed by atoms with Gasteiger partial charge >= 0.3 is 0 Å². The molecule has 1 aromatic rings. The number of hydrogen-bond acceptors (Lipinski definition) is 2. The van der Waals surface area contributed by atoms with E-state index in [2.05, 4.69) is 18.0 Å². The van der Waals surface area contributed by atoms with Gasteiger partial charge in [-0.25, -0.2) is 0 Å². The van der Waals surface area contributed by atoms with Crippen molar-refractivity contribution >= 4 is 17.3 Å². The second-order valence-electron chi connectivity index (χ2n) is 4.65. The van der Waals surface area contributed by atoms with Gasteiger partial charge in [-0.2, -0.15) is 5.26 Å². The minimum absolute atomic E-state index is 0.460. The largest absolute Gasteiger partial charge is 0.371 e. The third-order valence-corrected chi connectivity index (χ3v) is 3.90. The van der Waals surface area contributed by atoms with E-state index in [0.717, 1.165) is 16.8 Å². The molecule has 0 aliphatic heterocycles. The van der Waals surface area contributed by atoms with Crippen LogP contribution in [0.3, 0.4) is 0 Å². The van der Waals surface area contributed by atoms with Gasteiger partial charge in [0.15, 0.2) is 0 Å². The molecule has 0 atom stereocenters. The van der Waals surface area contributed by atoms with Gasteiger partial charge < -0.3 is 4.90 Å². The minimum atomic E-state index is 0.460. The quantitative estimate of drug-likeness (QED) is 0.763. The summed E-state index contributed by atoms with van der Waals surface area (Å²) >= 11 is 5.79. The van der Waals surface area contributed by atoms with E-state index in [1.54, 1.807) is 0 Å². The molecule has 0 spiro atoms. The highest BCUT2D eigenvalue weighted by Gasteiger charge is 2.21. The monoisotopic (exact) mass is 248 g/mol. The molecule has 3 heteroatoms. The topological polar surface area (TPSA) is 27.0 Å². The second-order valence-corrected chi connectivity index (χ2v) is 4.91. The van der Waals surface area contributed by atoms with E-state index in [1.807, 2.05) is 18.2 Å². The second kappa shape index (κ2) is 5.42. The van der Waals surface area contributed by atoms with Gasteiger partial charge in [0.2, 0.25) is 0 Å². The van der Waals surface area contributed by atoms with Crippen LogP contribution in [0.25, 0.3) is 0 Å². The molecule has 0 N–H and O–H groups in total. The van der Waals surface area contributed by atoms with Crippen LogP contribution in [0.5, 0.6) is 0 Å². The fourth-order valence-electron chi connectivity index (χ4n) is 2.55. The van der Waals surface area contributed by atoms with Crippen LogP contribution in [0, 0.1) is 11.3 Å². The lowest BCUT2D eigenvalue weighted by Crippen LogP contribution is -2.29. The summed E-state index contributed by atoms with van der Waals surface area (Å²) < 4.78 is 0. The van der Waals surface area contributed by atoms with Crippen molar-refractivity contribution in [2.75, 3.05) is 11.9 Å². The number of benzene rings is 1. The summed E-state index contributed by atoms with van der Waals surface area (Å²) in [6, 6.07) is 8.79. The zero-order chi connectivity index (χ0) is 12.3. The Balaban J connectivity index is 2.28. The van der Waals surface area contributed by atoms with Crippen molar-refractivity contribution in [2.45, 2.75) is 37.6 Å². The van der Waals surface area contributed by atoms with Gasteiger partial charge in [0.25, 0.3) is 0 Å². The van der Waals surface area contributed by atoms with E-state index in [9.17, 15) is 5.26 Å². The summed E-state index contributed by atoms with van der Waals surface area (Å²) in [5.41, 5.74) is 2.78. The molecule has 0 bridgehead atoms. The van der Waals surface area contributed by atoms with Gasteiger partial charge in [-0.15, -0.1) is 11.6 Å². The molecule has 0 saturated heterocycles. The van der Waals surface area contributed by atoms with Crippen molar-refractivity contribution in [1.82, 2.24) is 0 Å². The van der Waals surface area contributed by atoms with Gasteiger partial charge in [0, 0.05) is 19.0 Å². The molecule has 0 aromatic heterocycles. The Morgan fingerprint density at radius 1 is 1.41 bits per heavy atom. The predicted molar refractivity (Wildman–Crippen MR) is 71.4 cm³/mol. The van der Waals surface area contributed by atoms with Crippen LogP contribution in [0.2, 0.25) is 0 Å². The lowest BCUT2D eigenvalue weighted by Gasteiger charge is -2.27. The molecule has 1 aliphatic carbocycles. The molecule has 1 saturated carbocycles. The molecule has 90 valence electrons. The normalized spacial score (nSPS) is 15.8. The smallest absolute Gasteiger partial charge is 0.101 e. The maximum absolute atomic E-state index is 9.21. The van der Waals surface area contributed by atoms with Crippen LogP contribution >= 0.6 is 11.6 Å². The first-order valence-corrected chi connectivity index (χ1v) is 6.61. The van der Waals surface area contributed by atoms with Gasteiger partial charge in [-0.1, -0.05) is 18.9 Å². The molecule has 0 heterocycles. The lowest BCUT2D eigenvalue weighted by molar-refractivity contribution is 0.653. The first kappa shape index (κ1) is 12.3. The number of alkyl halides is 1. The number of anilines is 1. The van der Waals surface area contributed by atoms with Crippen molar-refractivity contribution in [1.29, 1.82) is 5.26 Å². The van der Waals surface area contributed by atoms with Crippen molar-refractivity contribution in [3.63, 3.8) is 0 Å². The third kappa shape index (κ3) is 2.56. The maximum atomic E-state index is 9.21. The molecule has 1 aromatic carbocycles. The van der Waals surface area contributed by atoms with Crippen molar-refractivity contribution in [3.8, 4) is 6.07 Å². The Hall–Kier alpha value is -1.20. The van der Waals surface area contributed by atoms with E-state index in [0.29, 0.717) is 11.9 Å². The minimum Gasteiger partial charge on any atom is -0.371 e. The zero-order valence-corrected chi connectivity index (χ0v) is 10.9. The lowest BCUT2D eigenvalue weighted by atomic mass is 10.1. The van der Waals surface area contributed by atoms with Gasteiger partial charge in [0.05, 0.1) is 11.3 Å². The van der Waals surface area contributed by atoms with Crippen LogP contribution < -0.4 is 4.90 Å². The van der Waals surface area contributed by atoms with Gasteiger partial charge in [-0.05, 0) is 30.5 Å². The number of halogens is 1. The van der Waals surface area contributed by atoms with E-state index < -0.39 is 0 Å². The van der Waals surface area contributed by atoms with Crippen LogP contribution in [-0.4, -0.2) is 13.1 Å². The first-order chi connectivity index (χ1) is 8.26. The Kier molecular flexibility index (Phi) is 3.91. The van der Waals surface area contributed by atoms with Crippen LogP contribution in [0.4, 0.5) is 5.69 Å². The average molecular weight is 249 g/mol. The van der Waals surface area contributed by atoms with Crippen molar-refractivity contribution in [3.05, 3.63) is 29.3 Å². The molecule has 1 fully saturated rings. The first-order valence-electron chi connectivity index (χ1n) is 6.08. The Morgan fingerprint density at radius 2 is 2.12 bits per heavy atom. The Morgan fingerprint density at radius 3 is 2.71 bits per heavy atom. The Labute approximate surface area is 108 Å². The van der Waals surface area contributed by atoms with Crippen LogP contribution in [-0.2, 0) is 5.88 Å². The average Bonchev–Trinajstić information content (AvgIpc) is 2.91. The molecule has 1 aliphatic rings. The zero-order valence-electron chi connectivity index (χ0n) is 10.1. The number of nitrogens with zero attached hydrogens (tertiary/aromatic N) is 2. The predicted octanol–water partition coefficient (Wildman–Crippen LogP) is 3.68. The van der Waals surface area contributed by atoms with E-state index in [4.69, 9.17) is 11.6 Å². The standard InChI is InChI=1S/C14H17ClN2/c1-17(13-4-2-3-5-13)14-7-6-11(9-15)8-12(14)10-16/h6-8,13H,2-5,9H2,1H3. The van der Waals surface area contributed by atoms with Crippen LogP contribution in [0.15, 0.2) is 18.2 Å².